The average Bonchev–Trinajstić information content (AvgIpc) is 3.31. The zero-order chi connectivity index (χ0) is 22.5. The van der Waals surface area contributed by atoms with E-state index in [-0.39, 0.29) is 0 Å². The van der Waals surface area contributed by atoms with Crippen LogP contribution in [0.4, 0.5) is 5.69 Å². The Balaban J connectivity index is 0.000000233. The van der Waals surface area contributed by atoms with Gasteiger partial charge in [-0.25, -0.2) is 9.59 Å². The number of hydrogen-bond donors (Lipinski definition) is 4. The molecule has 0 radical (unpaired) electrons. The lowest BCUT2D eigenvalue weighted by atomic mass is 10.0. The summed E-state index contributed by atoms with van der Waals surface area (Å²) in [4.78, 5) is 29.2. The van der Waals surface area contributed by atoms with E-state index in [2.05, 4.69) is 58.2 Å². The number of benzene rings is 1. The highest BCUT2D eigenvalue weighted by atomic mass is 16.4. The van der Waals surface area contributed by atoms with Gasteiger partial charge in [0.25, 0.3) is 0 Å². The van der Waals surface area contributed by atoms with Crippen molar-refractivity contribution in [2.24, 2.45) is 11.8 Å². The van der Waals surface area contributed by atoms with Crippen molar-refractivity contribution < 1.29 is 30.0 Å². The Morgan fingerprint density at radius 1 is 0.903 bits per heavy atom. The number of rotatable bonds is 5. The fourth-order valence-corrected chi connectivity index (χ4v) is 4.06. The number of aliphatic hydroxyl groups excluding tert-OH is 2. The highest BCUT2D eigenvalue weighted by Crippen LogP contribution is 2.33. The van der Waals surface area contributed by atoms with Crippen molar-refractivity contribution in [3.8, 4) is 11.3 Å². The zero-order valence-corrected chi connectivity index (χ0v) is 17.2. The van der Waals surface area contributed by atoms with Crippen LogP contribution in [0.25, 0.3) is 11.3 Å². The SMILES string of the molecule is CN1C[C@@H]2CN(c3ccc(-c4ccccc4)nc3)C[C@@H]2C1.O=C(O)[C@H](O)[C@@H](O)C(=O)O. The van der Waals surface area contributed by atoms with Gasteiger partial charge in [-0.05, 0) is 31.0 Å². The number of fused-ring (bicyclic) bond motifs is 1. The summed E-state index contributed by atoms with van der Waals surface area (Å²) < 4.78 is 0. The molecule has 0 bridgehead atoms. The average molecular weight is 429 g/mol. The van der Waals surface area contributed by atoms with E-state index in [1.54, 1.807) is 0 Å². The van der Waals surface area contributed by atoms with Crippen molar-refractivity contribution in [3.05, 3.63) is 48.7 Å². The molecule has 9 heteroatoms. The minimum atomic E-state index is -2.27. The molecule has 166 valence electrons. The van der Waals surface area contributed by atoms with Crippen molar-refractivity contribution >= 4 is 17.6 Å². The van der Waals surface area contributed by atoms with E-state index in [0.717, 1.165) is 17.5 Å². The predicted molar refractivity (Wildman–Crippen MR) is 114 cm³/mol. The second-order valence-electron chi connectivity index (χ2n) is 7.98. The molecule has 31 heavy (non-hydrogen) atoms. The number of pyridine rings is 1. The maximum Gasteiger partial charge on any atom is 0.335 e. The summed E-state index contributed by atoms with van der Waals surface area (Å²) in [5.74, 6) is -1.86. The van der Waals surface area contributed by atoms with Gasteiger partial charge >= 0.3 is 11.9 Å². The van der Waals surface area contributed by atoms with E-state index in [9.17, 15) is 9.59 Å². The molecule has 0 amide bonds. The third-order valence-corrected chi connectivity index (χ3v) is 5.66. The van der Waals surface area contributed by atoms with Crippen LogP contribution in [0, 0.1) is 11.8 Å². The van der Waals surface area contributed by atoms with Gasteiger partial charge in [-0.1, -0.05) is 30.3 Å². The number of aromatic nitrogens is 1. The molecule has 4 rings (SSSR count). The van der Waals surface area contributed by atoms with Gasteiger partial charge < -0.3 is 30.2 Å². The molecule has 2 fully saturated rings. The van der Waals surface area contributed by atoms with Crippen LogP contribution in [0.15, 0.2) is 48.7 Å². The summed E-state index contributed by atoms with van der Waals surface area (Å²) in [7, 11) is 2.23. The van der Waals surface area contributed by atoms with Gasteiger partial charge in [-0.15, -0.1) is 0 Å². The number of carboxylic acids is 2. The van der Waals surface area contributed by atoms with E-state index in [4.69, 9.17) is 20.4 Å². The molecule has 2 aliphatic rings. The van der Waals surface area contributed by atoms with E-state index in [0.29, 0.717) is 0 Å². The van der Waals surface area contributed by atoms with Crippen LogP contribution in [-0.2, 0) is 9.59 Å². The molecule has 3 heterocycles. The maximum atomic E-state index is 9.77. The molecular weight excluding hydrogens is 402 g/mol. The lowest BCUT2D eigenvalue weighted by Gasteiger charge is -2.21. The van der Waals surface area contributed by atoms with E-state index < -0.39 is 24.1 Å². The molecule has 1 aromatic heterocycles. The standard InChI is InChI=1S/C18H21N3.C4H6O6/c1-20-10-15-12-21(13-16(15)11-20)17-7-8-18(19-9-17)14-5-3-2-4-6-14;5-1(3(7)8)2(6)4(9)10/h2-9,15-16H,10-13H2,1H3;1-2,5-6H,(H,7,8)(H,9,10)/t15-,16+;1-,2-/m.1/s1. The molecule has 0 saturated carbocycles. The number of carboxylic acid groups (broad SMARTS) is 2. The molecule has 0 unspecified atom stereocenters. The van der Waals surface area contributed by atoms with Crippen LogP contribution >= 0.6 is 0 Å². The van der Waals surface area contributed by atoms with Crippen molar-refractivity contribution in [1.29, 1.82) is 0 Å². The Bertz CT molecular complexity index is 860. The van der Waals surface area contributed by atoms with Gasteiger partial charge in [0.15, 0.2) is 12.2 Å². The fourth-order valence-electron chi connectivity index (χ4n) is 4.06. The highest BCUT2D eigenvalue weighted by molar-refractivity contribution is 5.83. The number of likely N-dealkylation sites (tertiary alicyclic amines) is 1. The monoisotopic (exact) mass is 429 g/mol. The summed E-state index contributed by atoms with van der Waals surface area (Å²) in [5.41, 5.74) is 3.51. The van der Waals surface area contributed by atoms with Crippen molar-refractivity contribution in [3.63, 3.8) is 0 Å². The predicted octanol–water partition coefficient (Wildman–Crippen LogP) is 0.624. The van der Waals surface area contributed by atoms with Gasteiger partial charge in [-0.2, -0.15) is 0 Å². The minimum absolute atomic E-state index is 0.837. The molecule has 9 nitrogen and oxygen atoms in total. The van der Waals surface area contributed by atoms with Crippen LogP contribution in [0.1, 0.15) is 0 Å². The van der Waals surface area contributed by atoms with E-state index >= 15 is 0 Å². The molecule has 2 aliphatic heterocycles. The Kier molecular flexibility index (Phi) is 7.21. The molecule has 0 spiro atoms. The zero-order valence-electron chi connectivity index (χ0n) is 17.2. The molecule has 0 aliphatic carbocycles. The van der Waals surface area contributed by atoms with Crippen LogP contribution < -0.4 is 4.90 Å². The highest BCUT2D eigenvalue weighted by Gasteiger charge is 2.38. The van der Waals surface area contributed by atoms with Crippen LogP contribution in [0.2, 0.25) is 0 Å². The number of hydrogen-bond acceptors (Lipinski definition) is 7. The number of aliphatic hydroxyl groups is 2. The first-order chi connectivity index (χ1) is 14.8. The number of nitrogens with zero attached hydrogens (tertiary/aromatic N) is 3. The molecule has 4 N–H and O–H groups in total. The molecule has 2 saturated heterocycles. The van der Waals surface area contributed by atoms with Crippen LogP contribution in [0.3, 0.4) is 0 Å². The quantitative estimate of drug-likeness (QED) is 0.540. The Morgan fingerprint density at radius 3 is 1.90 bits per heavy atom. The van der Waals surface area contributed by atoms with Gasteiger partial charge in [0.2, 0.25) is 0 Å². The summed E-state index contributed by atoms with van der Waals surface area (Å²) in [6, 6.07) is 14.7. The minimum Gasteiger partial charge on any atom is -0.479 e. The maximum absolute atomic E-state index is 9.77. The van der Waals surface area contributed by atoms with Crippen LogP contribution in [-0.4, -0.2) is 87.7 Å². The van der Waals surface area contributed by atoms with Gasteiger partial charge in [-0.3, -0.25) is 4.98 Å². The molecule has 4 atom stereocenters. The second kappa shape index (κ2) is 9.86. The first-order valence-electron chi connectivity index (χ1n) is 10.0. The van der Waals surface area contributed by atoms with Crippen molar-refractivity contribution in [2.75, 3.05) is 38.1 Å². The summed E-state index contributed by atoms with van der Waals surface area (Å²) >= 11 is 0. The summed E-state index contributed by atoms with van der Waals surface area (Å²) in [6.45, 7) is 4.86. The van der Waals surface area contributed by atoms with Gasteiger partial charge in [0.1, 0.15) is 0 Å². The van der Waals surface area contributed by atoms with Crippen molar-refractivity contribution in [2.45, 2.75) is 12.2 Å². The third kappa shape index (κ3) is 5.57. The fraction of sp³-hybridized carbons (Fsp3) is 0.409. The van der Waals surface area contributed by atoms with Gasteiger partial charge in [0, 0.05) is 31.7 Å². The lowest BCUT2D eigenvalue weighted by molar-refractivity contribution is -0.165. The second-order valence-corrected chi connectivity index (χ2v) is 7.98. The number of aliphatic carboxylic acids is 2. The molecule has 1 aromatic carbocycles. The Hall–Kier alpha value is -3.01. The third-order valence-electron chi connectivity index (χ3n) is 5.66. The topological polar surface area (TPSA) is 134 Å². The lowest BCUT2D eigenvalue weighted by Crippen LogP contribution is -2.39. The van der Waals surface area contributed by atoms with E-state index in [1.165, 1.54) is 37.4 Å². The largest absolute Gasteiger partial charge is 0.479 e. The van der Waals surface area contributed by atoms with Crippen molar-refractivity contribution in [1.82, 2.24) is 9.88 Å². The first-order valence-corrected chi connectivity index (χ1v) is 10.0. The Labute approximate surface area is 180 Å². The van der Waals surface area contributed by atoms with Gasteiger partial charge in [0.05, 0.1) is 17.6 Å². The number of anilines is 1. The van der Waals surface area contributed by atoms with E-state index in [1.807, 2.05) is 12.3 Å². The molecule has 2 aromatic rings. The number of carbonyl (C=O) groups is 2. The first kappa shape index (κ1) is 22.7. The molecular formula is C22H27N3O6. The normalized spacial score (nSPS) is 22.2. The van der Waals surface area contributed by atoms with Crippen LogP contribution in [0.5, 0.6) is 0 Å². The smallest absolute Gasteiger partial charge is 0.335 e. The summed E-state index contributed by atoms with van der Waals surface area (Å²) in [6.07, 6.45) is -2.50. The Morgan fingerprint density at radius 2 is 1.45 bits per heavy atom. The summed E-state index contributed by atoms with van der Waals surface area (Å²) in [5, 5.41) is 32.5.